The summed E-state index contributed by atoms with van der Waals surface area (Å²) in [5.74, 6) is 0.726. The summed E-state index contributed by atoms with van der Waals surface area (Å²) in [4.78, 5) is 24.9. The first-order valence-electron chi connectivity index (χ1n) is 7.27. The molecule has 0 bridgehead atoms. The van der Waals surface area contributed by atoms with Crippen LogP contribution >= 0.6 is 0 Å². The van der Waals surface area contributed by atoms with Crippen LogP contribution in [0.1, 0.15) is 42.2 Å². The van der Waals surface area contributed by atoms with Crippen LogP contribution in [0.25, 0.3) is 0 Å². The maximum absolute atomic E-state index is 12.1. The van der Waals surface area contributed by atoms with Gasteiger partial charge >= 0.3 is 0 Å². The summed E-state index contributed by atoms with van der Waals surface area (Å²) in [5, 5.41) is 9.54. The predicted molar refractivity (Wildman–Crippen MR) is 74.5 cm³/mol. The Balaban J connectivity index is 1.78. The van der Waals surface area contributed by atoms with E-state index in [4.69, 9.17) is 0 Å². The molecule has 3 heterocycles. The van der Waals surface area contributed by atoms with Crippen molar-refractivity contribution in [3.05, 3.63) is 17.5 Å². The Hall–Kier alpha value is -1.69. The SMILES string of the molecule is CCCN1Cc2nc(N3CCC(O)CC3)ncc2C1=O. The molecule has 0 spiro atoms. The van der Waals surface area contributed by atoms with Gasteiger partial charge in [0.2, 0.25) is 5.95 Å². The number of piperidine rings is 1. The van der Waals surface area contributed by atoms with Crippen molar-refractivity contribution < 1.29 is 9.90 Å². The van der Waals surface area contributed by atoms with Crippen LogP contribution < -0.4 is 4.90 Å². The highest BCUT2D eigenvalue weighted by Crippen LogP contribution is 2.23. The van der Waals surface area contributed by atoms with Crippen molar-refractivity contribution in [2.75, 3.05) is 24.5 Å². The quantitative estimate of drug-likeness (QED) is 0.884. The third-order valence-corrected chi connectivity index (χ3v) is 3.95. The van der Waals surface area contributed by atoms with Gasteiger partial charge in [-0.15, -0.1) is 0 Å². The molecule has 0 unspecified atom stereocenters. The molecule has 2 aliphatic rings. The highest BCUT2D eigenvalue weighted by molar-refractivity contribution is 5.97. The molecule has 0 atom stereocenters. The van der Waals surface area contributed by atoms with E-state index in [1.807, 2.05) is 4.90 Å². The number of fused-ring (bicyclic) bond motifs is 1. The molecule has 1 aromatic heterocycles. The highest BCUT2D eigenvalue weighted by Gasteiger charge is 2.29. The van der Waals surface area contributed by atoms with Crippen molar-refractivity contribution in [1.82, 2.24) is 14.9 Å². The predicted octanol–water partition coefficient (Wildman–Crippen LogP) is 0.803. The number of carbonyl (C=O) groups excluding carboxylic acids is 1. The Morgan fingerprint density at radius 1 is 1.40 bits per heavy atom. The lowest BCUT2D eigenvalue weighted by Crippen LogP contribution is -2.37. The van der Waals surface area contributed by atoms with Crippen LogP contribution in [0.5, 0.6) is 0 Å². The summed E-state index contributed by atoms with van der Waals surface area (Å²) in [6.07, 6.45) is 3.90. The number of amides is 1. The molecule has 3 rings (SSSR count). The number of hydrogen-bond donors (Lipinski definition) is 1. The van der Waals surface area contributed by atoms with Crippen LogP contribution in [0, 0.1) is 0 Å². The van der Waals surface area contributed by atoms with Gasteiger partial charge in [-0.05, 0) is 19.3 Å². The third kappa shape index (κ3) is 2.35. The lowest BCUT2D eigenvalue weighted by Gasteiger charge is -2.29. The molecule has 108 valence electrons. The summed E-state index contributed by atoms with van der Waals surface area (Å²) in [6, 6.07) is 0. The molecule has 6 heteroatoms. The van der Waals surface area contributed by atoms with Gasteiger partial charge in [-0.25, -0.2) is 9.97 Å². The van der Waals surface area contributed by atoms with Gasteiger partial charge in [-0.2, -0.15) is 0 Å². The summed E-state index contributed by atoms with van der Waals surface area (Å²) >= 11 is 0. The van der Waals surface area contributed by atoms with Crippen molar-refractivity contribution in [1.29, 1.82) is 0 Å². The van der Waals surface area contributed by atoms with Gasteiger partial charge in [-0.1, -0.05) is 6.92 Å². The molecule has 1 aromatic rings. The van der Waals surface area contributed by atoms with E-state index >= 15 is 0 Å². The number of aliphatic hydroxyl groups excluding tert-OH is 1. The van der Waals surface area contributed by atoms with Gasteiger partial charge in [0.1, 0.15) is 0 Å². The first-order chi connectivity index (χ1) is 9.69. The summed E-state index contributed by atoms with van der Waals surface area (Å²) < 4.78 is 0. The fourth-order valence-electron chi connectivity index (χ4n) is 2.80. The van der Waals surface area contributed by atoms with Crippen molar-refractivity contribution in [2.24, 2.45) is 0 Å². The van der Waals surface area contributed by atoms with E-state index in [1.54, 1.807) is 6.20 Å². The lowest BCUT2D eigenvalue weighted by atomic mass is 10.1. The molecular formula is C14H20N4O2. The average molecular weight is 276 g/mol. The molecule has 0 aromatic carbocycles. The normalized spacial score (nSPS) is 19.6. The van der Waals surface area contributed by atoms with Gasteiger partial charge in [0.15, 0.2) is 0 Å². The van der Waals surface area contributed by atoms with Crippen LogP contribution in [0.4, 0.5) is 5.95 Å². The van der Waals surface area contributed by atoms with Gasteiger partial charge < -0.3 is 14.9 Å². The Bertz CT molecular complexity index is 512. The van der Waals surface area contributed by atoms with Crippen molar-refractivity contribution in [3.8, 4) is 0 Å². The van der Waals surface area contributed by atoms with Crippen LogP contribution in [-0.2, 0) is 6.54 Å². The lowest BCUT2D eigenvalue weighted by molar-refractivity contribution is 0.0778. The monoisotopic (exact) mass is 276 g/mol. The summed E-state index contributed by atoms with van der Waals surface area (Å²) in [7, 11) is 0. The van der Waals surface area contributed by atoms with Crippen molar-refractivity contribution in [2.45, 2.75) is 38.8 Å². The maximum Gasteiger partial charge on any atom is 0.257 e. The van der Waals surface area contributed by atoms with Gasteiger partial charge in [0.05, 0.1) is 23.9 Å². The highest BCUT2D eigenvalue weighted by atomic mass is 16.3. The number of aliphatic hydroxyl groups is 1. The number of hydrogen-bond acceptors (Lipinski definition) is 5. The molecule has 1 fully saturated rings. The zero-order valence-corrected chi connectivity index (χ0v) is 11.7. The second kappa shape index (κ2) is 5.36. The Morgan fingerprint density at radius 2 is 2.15 bits per heavy atom. The number of aromatic nitrogens is 2. The minimum Gasteiger partial charge on any atom is -0.393 e. The van der Waals surface area contributed by atoms with Gasteiger partial charge in [0.25, 0.3) is 5.91 Å². The van der Waals surface area contributed by atoms with E-state index in [1.165, 1.54) is 0 Å². The van der Waals surface area contributed by atoms with Crippen LogP contribution in [0.15, 0.2) is 6.20 Å². The van der Waals surface area contributed by atoms with Gasteiger partial charge in [0, 0.05) is 25.8 Å². The van der Waals surface area contributed by atoms with Crippen molar-refractivity contribution in [3.63, 3.8) is 0 Å². The number of nitrogens with zero attached hydrogens (tertiary/aromatic N) is 4. The third-order valence-electron chi connectivity index (χ3n) is 3.95. The van der Waals surface area contributed by atoms with E-state index in [0.717, 1.165) is 44.6 Å². The first-order valence-corrected chi connectivity index (χ1v) is 7.27. The minimum atomic E-state index is -0.206. The minimum absolute atomic E-state index is 0.0440. The second-order valence-corrected chi connectivity index (χ2v) is 5.48. The zero-order valence-electron chi connectivity index (χ0n) is 11.7. The van der Waals surface area contributed by atoms with E-state index in [0.29, 0.717) is 18.1 Å². The molecule has 0 aliphatic carbocycles. The molecular weight excluding hydrogens is 256 g/mol. The Morgan fingerprint density at radius 3 is 2.85 bits per heavy atom. The van der Waals surface area contributed by atoms with E-state index < -0.39 is 0 Å². The first kappa shape index (κ1) is 13.3. The smallest absolute Gasteiger partial charge is 0.257 e. The molecule has 2 aliphatic heterocycles. The number of rotatable bonds is 3. The van der Waals surface area contributed by atoms with E-state index in [9.17, 15) is 9.90 Å². The second-order valence-electron chi connectivity index (χ2n) is 5.48. The van der Waals surface area contributed by atoms with E-state index in [2.05, 4.69) is 21.8 Å². The molecule has 0 radical (unpaired) electrons. The van der Waals surface area contributed by atoms with E-state index in [-0.39, 0.29) is 12.0 Å². The molecule has 1 saturated heterocycles. The van der Waals surface area contributed by atoms with Gasteiger partial charge in [-0.3, -0.25) is 4.79 Å². The standard InChI is InChI=1S/C14H20N4O2/c1-2-5-18-9-12-11(13(18)20)8-15-14(16-12)17-6-3-10(19)4-7-17/h8,10,19H,2-7,9H2,1H3. The van der Waals surface area contributed by atoms with Crippen LogP contribution in [0.3, 0.4) is 0 Å². The average Bonchev–Trinajstić information content (AvgIpc) is 2.76. The molecule has 0 saturated carbocycles. The molecule has 1 amide bonds. The zero-order chi connectivity index (χ0) is 14.1. The largest absolute Gasteiger partial charge is 0.393 e. The summed E-state index contributed by atoms with van der Waals surface area (Å²) in [5.41, 5.74) is 1.47. The van der Waals surface area contributed by atoms with Crippen LogP contribution in [-0.4, -0.2) is 51.6 Å². The van der Waals surface area contributed by atoms with Crippen LogP contribution in [0.2, 0.25) is 0 Å². The topological polar surface area (TPSA) is 69.6 Å². The molecule has 1 N–H and O–H groups in total. The Labute approximate surface area is 118 Å². The molecule has 6 nitrogen and oxygen atoms in total. The van der Waals surface area contributed by atoms with Crippen molar-refractivity contribution >= 4 is 11.9 Å². The fourth-order valence-corrected chi connectivity index (χ4v) is 2.80. The molecule has 20 heavy (non-hydrogen) atoms. The number of carbonyl (C=O) groups is 1. The Kier molecular flexibility index (Phi) is 3.56. The maximum atomic E-state index is 12.1. The summed E-state index contributed by atoms with van der Waals surface area (Å²) in [6.45, 7) is 4.96. The fraction of sp³-hybridized carbons (Fsp3) is 0.643. The number of anilines is 1.